The van der Waals surface area contributed by atoms with Crippen molar-refractivity contribution in [3.8, 4) is 0 Å². The lowest BCUT2D eigenvalue weighted by Gasteiger charge is -2.20. The Kier molecular flexibility index (Phi) is 5.38. The van der Waals surface area contributed by atoms with Crippen LogP contribution in [-0.2, 0) is 13.0 Å². The van der Waals surface area contributed by atoms with Crippen LogP contribution in [-0.4, -0.2) is 22.7 Å². The highest BCUT2D eigenvalue weighted by Crippen LogP contribution is 2.32. The van der Waals surface area contributed by atoms with E-state index in [1.165, 1.54) is 16.7 Å². The largest absolute Gasteiger partial charge is 0.359 e. The molecule has 5 nitrogen and oxygen atoms in total. The van der Waals surface area contributed by atoms with E-state index in [1.807, 2.05) is 18.2 Å². The molecule has 1 aliphatic heterocycles. The Morgan fingerprint density at radius 2 is 1.66 bits per heavy atom. The van der Waals surface area contributed by atoms with Gasteiger partial charge in [0.05, 0.1) is 4.92 Å². The van der Waals surface area contributed by atoms with Gasteiger partial charge in [0, 0.05) is 32.1 Å². The molecule has 4 rings (SSSR count). The summed E-state index contributed by atoms with van der Waals surface area (Å²) in [5, 5.41) is 10.9. The number of nitro groups is 1. The van der Waals surface area contributed by atoms with Crippen molar-refractivity contribution in [3.05, 3.63) is 111 Å². The van der Waals surface area contributed by atoms with E-state index in [1.54, 1.807) is 12.1 Å². The van der Waals surface area contributed by atoms with E-state index >= 15 is 0 Å². The Morgan fingerprint density at radius 3 is 2.38 bits per heavy atom. The number of benzene rings is 3. The molecule has 0 aliphatic carbocycles. The summed E-state index contributed by atoms with van der Waals surface area (Å²) in [4.78, 5) is 17.9. The van der Waals surface area contributed by atoms with Gasteiger partial charge < -0.3 is 4.90 Å². The smallest absolute Gasteiger partial charge is 0.269 e. The summed E-state index contributed by atoms with van der Waals surface area (Å²) >= 11 is 0. The van der Waals surface area contributed by atoms with Gasteiger partial charge >= 0.3 is 0 Å². The lowest BCUT2D eigenvalue weighted by atomic mass is 9.95. The molecule has 5 heteroatoms. The first-order chi connectivity index (χ1) is 14.1. The van der Waals surface area contributed by atoms with Crippen LogP contribution in [0.4, 0.5) is 5.69 Å². The molecule has 146 valence electrons. The second-order valence-corrected chi connectivity index (χ2v) is 7.34. The minimum absolute atomic E-state index is 0.0239. The van der Waals surface area contributed by atoms with E-state index in [4.69, 9.17) is 4.99 Å². The van der Waals surface area contributed by atoms with E-state index < -0.39 is 0 Å². The molecule has 29 heavy (non-hydrogen) atoms. The number of non-ortho nitro benzene ring substituents is 1. The SMILES string of the molecule is CN1Cc2ccccc2C(c2ccccc2)N=C1CCc1ccc([N+](=O)[O-])cc1. The van der Waals surface area contributed by atoms with Gasteiger partial charge in [-0.15, -0.1) is 0 Å². The summed E-state index contributed by atoms with van der Waals surface area (Å²) in [7, 11) is 2.08. The zero-order chi connectivity index (χ0) is 20.2. The normalized spacial score (nSPS) is 16.0. The van der Waals surface area contributed by atoms with Crippen LogP contribution in [0.25, 0.3) is 0 Å². The molecule has 0 aromatic heterocycles. The van der Waals surface area contributed by atoms with Crippen molar-refractivity contribution in [1.82, 2.24) is 4.90 Å². The molecule has 0 fully saturated rings. The molecule has 0 N–H and O–H groups in total. The fourth-order valence-corrected chi connectivity index (χ4v) is 3.79. The molecule has 3 aromatic carbocycles. The molecule has 0 amide bonds. The number of rotatable bonds is 5. The van der Waals surface area contributed by atoms with E-state index in [2.05, 4.69) is 60.5 Å². The molecule has 0 radical (unpaired) electrons. The molecule has 0 spiro atoms. The van der Waals surface area contributed by atoms with E-state index in [0.717, 1.165) is 30.8 Å². The highest BCUT2D eigenvalue weighted by Gasteiger charge is 2.23. The van der Waals surface area contributed by atoms with Crippen molar-refractivity contribution >= 4 is 11.5 Å². The maximum absolute atomic E-state index is 10.9. The zero-order valence-corrected chi connectivity index (χ0v) is 16.4. The van der Waals surface area contributed by atoms with Gasteiger partial charge in [0.2, 0.25) is 0 Å². The standard InChI is InChI=1S/C24H23N3O2/c1-26-17-20-9-5-6-10-22(20)24(19-7-3-2-4-8-19)25-23(26)16-13-18-11-14-21(15-12-18)27(28)29/h2-12,14-15,24H,13,16-17H2,1H3. The van der Waals surface area contributed by atoms with Gasteiger partial charge in [-0.1, -0.05) is 66.7 Å². The van der Waals surface area contributed by atoms with Crippen molar-refractivity contribution < 1.29 is 4.92 Å². The molecular formula is C24H23N3O2. The number of nitrogens with zero attached hydrogens (tertiary/aromatic N) is 3. The van der Waals surface area contributed by atoms with E-state index in [-0.39, 0.29) is 16.7 Å². The third-order valence-corrected chi connectivity index (χ3v) is 5.38. The molecule has 1 unspecified atom stereocenters. The minimum atomic E-state index is -0.366. The number of hydrogen-bond acceptors (Lipinski definition) is 4. The Bertz CT molecular complexity index is 1030. The monoisotopic (exact) mass is 385 g/mol. The summed E-state index contributed by atoms with van der Waals surface area (Å²) < 4.78 is 0. The first-order valence-corrected chi connectivity index (χ1v) is 9.76. The van der Waals surface area contributed by atoms with Gasteiger partial charge in [0.1, 0.15) is 11.9 Å². The number of aryl methyl sites for hydroxylation is 1. The van der Waals surface area contributed by atoms with Gasteiger partial charge in [-0.2, -0.15) is 0 Å². The van der Waals surface area contributed by atoms with Crippen molar-refractivity contribution in [2.75, 3.05) is 7.05 Å². The zero-order valence-electron chi connectivity index (χ0n) is 16.4. The Hall–Kier alpha value is -3.47. The fourth-order valence-electron chi connectivity index (χ4n) is 3.79. The predicted molar refractivity (Wildman–Crippen MR) is 115 cm³/mol. The fraction of sp³-hybridized carbons (Fsp3) is 0.208. The molecule has 3 aromatic rings. The minimum Gasteiger partial charge on any atom is -0.359 e. The molecule has 0 saturated heterocycles. The quantitative estimate of drug-likeness (QED) is 0.450. The average Bonchev–Trinajstić information content (AvgIpc) is 2.89. The van der Waals surface area contributed by atoms with Crippen molar-refractivity contribution in [2.24, 2.45) is 4.99 Å². The number of hydrogen-bond donors (Lipinski definition) is 0. The van der Waals surface area contributed by atoms with Gasteiger partial charge in [-0.25, -0.2) is 0 Å². The van der Waals surface area contributed by atoms with Crippen LogP contribution in [0.15, 0.2) is 83.9 Å². The lowest BCUT2D eigenvalue weighted by molar-refractivity contribution is -0.384. The Morgan fingerprint density at radius 1 is 0.966 bits per heavy atom. The van der Waals surface area contributed by atoms with Crippen LogP contribution in [0.5, 0.6) is 0 Å². The Balaban J connectivity index is 1.62. The summed E-state index contributed by atoms with van der Waals surface area (Å²) in [6.07, 6.45) is 1.57. The van der Waals surface area contributed by atoms with Crippen LogP contribution in [0.3, 0.4) is 0 Å². The molecule has 1 aliphatic rings. The topological polar surface area (TPSA) is 58.7 Å². The van der Waals surface area contributed by atoms with Crippen LogP contribution in [0, 0.1) is 10.1 Å². The number of amidine groups is 1. The van der Waals surface area contributed by atoms with Crippen LogP contribution < -0.4 is 0 Å². The van der Waals surface area contributed by atoms with Crippen molar-refractivity contribution in [2.45, 2.75) is 25.4 Å². The van der Waals surface area contributed by atoms with Crippen LogP contribution in [0.1, 0.15) is 34.7 Å². The first kappa shape index (κ1) is 18.9. The third kappa shape index (κ3) is 4.19. The maximum Gasteiger partial charge on any atom is 0.269 e. The second kappa shape index (κ2) is 8.27. The first-order valence-electron chi connectivity index (χ1n) is 9.76. The third-order valence-electron chi connectivity index (χ3n) is 5.38. The van der Waals surface area contributed by atoms with Crippen molar-refractivity contribution in [1.29, 1.82) is 0 Å². The lowest BCUT2D eigenvalue weighted by Crippen LogP contribution is -2.26. The highest BCUT2D eigenvalue weighted by atomic mass is 16.6. The van der Waals surface area contributed by atoms with Gasteiger partial charge in [-0.3, -0.25) is 15.1 Å². The summed E-state index contributed by atoms with van der Waals surface area (Å²) in [6.45, 7) is 0.818. The van der Waals surface area contributed by atoms with Gasteiger partial charge in [0.25, 0.3) is 5.69 Å². The highest BCUT2D eigenvalue weighted by molar-refractivity contribution is 5.83. The molecular weight excluding hydrogens is 362 g/mol. The van der Waals surface area contributed by atoms with Crippen LogP contribution >= 0.6 is 0 Å². The van der Waals surface area contributed by atoms with Crippen LogP contribution in [0.2, 0.25) is 0 Å². The maximum atomic E-state index is 10.9. The summed E-state index contributed by atoms with van der Waals surface area (Å²) in [6, 6.07) is 25.7. The molecule has 1 atom stereocenters. The summed E-state index contributed by atoms with van der Waals surface area (Å²) in [5.41, 5.74) is 4.92. The van der Waals surface area contributed by atoms with Crippen molar-refractivity contribution in [3.63, 3.8) is 0 Å². The van der Waals surface area contributed by atoms with Gasteiger partial charge in [0.15, 0.2) is 0 Å². The molecule has 0 saturated carbocycles. The van der Waals surface area contributed by atoms with Gasteiger partial charge in [-0.05, 0) is 28.7 Å². The summed E-state index contributed by atoms with van der Waals surface area (Å²) in [5.74, 6) is 1.05. The Labute approximate surface area is 170 Å². The average molecular weight is 385 g/mol. The predicted octanol–water partition coefficient (Wildman–Crippen LogP) is 5.16. The van der Waals surface area contributed by atoms with E-state index in [0.29, 0.717) is 0 Å². The molecule has 0 bridgehead atoms. The second-order valence-electron chi connectivity index (χ2n) is 7.34. The number of nitro benzene ring substituents is 1. The number of fused-ring (bicyclic) bond motifs is 1. The number of aliphatic imine (C=N–C) groups is 1. The molecule has 1 heterocycles. The van der Waals surface area contributed by atoms with E-state index in [9.17, 15) is 10.1 Å².